The number of ether oxygens (including phenoxy) is 1. The van der Waals surface area contributed by atoms with E-state index in [2.05, 4.69) is 32.6 Å². The molecular formula is C11H9IN2O3S. The minimum Gasteiger partial charge on any atom is -0.453 e. The van der Waals surface area contributed by atoms with Crippen LogP contribution in [0, 0.1) is 3.57 Å². The average Bonchev–Trinajstić information content (AvgIpc) is 2.32. The van der Waals surface area contributed by atoms with Crippen LogP contribution in [0.4, 0.5) is 0 Å². The number of hydrogen-bond acceptors (Lipinski definition) is 5. The summed E-state index contributed by atoms with van der Waals surface area (Å²) >= 11 is 2.15. The van der Waals surface area contributed by atoms with Gasteiger partial charge < -0.3 is 4.74 Å². The van der Waals surface area contributed by atoms with Crippen molar-refractivity contribution in [3.8, 4) is 11.5 Å². The molecule has 0 unspecified atom stereocenters. The molecule has 0 aliphatic carbocycles. The fraction of sp³-hybridized carbons (Fsp3) is 0.0909. The Kier molecular flexibility index (Phi) is 3.81. The lowest BCUT2D eigenvalue weighted by Gasteiger charge is -2.06. The second-order valence-electron chi connectivity index (χ2n) is 3.51. The zero-order valence-corrected chi connectivity index (χ0v) is 12.3. The molecule has 0 atom stereocenters. The molecule has 1 aromatic carbocycles. The van der Waals surface area contributed by atoms with E-state index in [0.717, 1.165) is 9.83 Å². The first-order valence-electron chi connectivity index (χ1n) is 4.91. The molecule has 0 fully saturated rings. The van der Waals surface area contributed by atoms with Gasteiger partial charge in [-0.15, -0.1) is 0 Å². The lowest BCUT2D eigenvalue weighted by Crippen LogP contribution is -2.03. The Hall–Kier alpha value is -1.22. The number of para-hydroxylation sites is 1. The van der Waals surface area contributed by atoms with Crippen LogP contribution in [0.2, 0.25) is 0 Å². The van der Waals surface area contributed by atoms with Gasteiger partial charge in [0.15, 0.2) is 5.75 Å². The molecule has 0 aliphatic heterocycles. The monoisotopic (exact) mass is 376 g/mol. The summed E-state index contributed by atoms with van der Waals surface area (Å²) in [5.74, 6) is 1.07. The molecule has 0 amide bonds. The van der Waals surface area contributed by atoms with Crippen LogP contribution in [-0.2, 0) is 9.84 Å². The van der Waals surface area contributed by atoms with Crippen LogP contribution in [0.5, 0.6) is 11.5 Å². The van der Waals surface area contributed by atoms with E-state index >= 15 is 0 Å². The van der Waals surface area contributed by atoms with E-state index < -0.39 is 9.84 Å². The number of sulfone groups is 1. The van der Waals surface area contributed by atoms with Crippen molar-refractivity contribution >= 4 is 32.4 Å². The molecule has 1 aromatic heterocycles. The summed E-state index contributed by atoms with van der Waals surface area (Å²) in [6.07, 6.45) is 3.74. The van der Waals surface area contributed by atoms with Gasteiger partial charge in [0.25, 0.3) is 0 Å². The number of benzene rings is 1. The number of rotatable bonds is 3. The second-order valence-corrected chi connectivity index (χ2v) is 6.58. The molecule has 0 aliphatic rings. The highest BCUT2D eigenvalue weighted by Crippen LogP contribution is 2.25. The van der Waals surface area contributed by atoms with E-state index in [-0.39, 0.29) is 5.16 Å². The van der Waals surface area contributed by atoms with E-state index in [1.165, 1.54) is 12.4 Å². The molecule has 18 heavy (non-hydrogen) atoms. The number of halogens is 1. The Morgan fingerprint density at radius 2 is 1.78 bits per heavy atom. The third kappa shape index (κ3) is 3.16. The van der Waals surface area contributed by atoms with E-state index in [1.807, 2.05) is 24.3 Å². The lowest BCUT2D eigenvalue weighted by molar-refractivity contribution is 0.471. The van der Waals surface area contributed by atoms with Crippen LogP contribution in [0.1, 0.15) is 0 Å². The van der Waals surface area contributed by atoms with Crippen LogP contribution in [0.15, 0.2) is 41.8 Å². The third-order valence-electron chi connectivity index (χ3n) is 2.00. The molecule has 0 radical (unpaired) electrons. The molecule has 1 heterocycles. The number of nitrogens with zero attached hydrogens (tertiary/aromatic N) is 2. The van der Waals surface area contributed by atoms with Gasteiger partial charge in [0.05, 0.1) is 16.0 Å². The first-order chi connectivity index (χ1) is 8.47. The van der Waals surface area contributed by atoms with Crippen molar-refractivity contribution in [1.29, 1.82) is 0 Å². The van der Waals surface area contributed by atoms with Gasteiger partial charge in [-0.2, -0.15) is 0 Å². The van der Waals surface area contributed by atoms with Crippen molar-refractivity contribution < 1.29 is 13.2 Å². The van der Waals surface area contributed by atoms with Crippen molar-refractivity contribution in [2.45, 2.75) is 5.16 Å². The Balaban J connectivity index is 2.24. The summed E-state index contributed by atoms with van der Waals surface area (Å²) in [5.41, 5.74) is 0. The van der Waals surface area contributed by atoms with Gasteiger partial charge in [0.2, 0.25) is 15.0 Å². The molecule has 0 N–H and O–H groups in total. The van der Waals surface area contributed by atoms with Gasteiger partial charge >= 0.3 is 0 Å². The molecule has 0 saturated carbocycles. The molecule has 7 heteroatoms. The fourth-order valence-electron chi connectivity index (χ4n) is 1.20. The van der Waals surface area contributed by atoms with Crippen LogP contribution in [0.25, 0.3) is 0 Å². The predicted octanol–water partition coefficient (Wildman–Crippen LogP) is 2.28. The van der Waals surface area contributed by atoms with E-state index in [0.29, 0.717) is 11.5 Å². The maximum atomic E-state index is 11.2. The Bertz CT molecular complexity index is 656. The highest BCUT2D eigenvalue weighted by atomic mass is 127. The first kappa shape index (κ1) is 13.2. The summed E-state index contributed by atoms with van der Waals surface area (Å²) in [6.45, 7) is 0. The molecular weight excluding hydrogens is 367 g/mol. The maximum Gasteiger partial charge on any atom is 0.246 e. The van der Waals surface area contributed by atoms with E-state index in [1.54, 1.807) is 0 Å². The topological polar surface area (TPSA) is 69.2 Å². The molecule has 2 aromatic rings. The SMILES string of the molecule is CS(=O)(=O)c1ncc(Oc2ccccc2I)cn1. The Labute approximate surface area is 118 Å². The Morgan fingerprint density at radius 3 is 2.33 bits per heavy atom. The van der Waals surface area contributed by atoms with Gasteiger partial charge in [-0.1, -0.05) is 12.1 Å². The lowest BCUT2D eigenvalue weighted by atomic mass is 10.3. The summed E-state index contributed by atoms with van der Waals surface area (Å²) in [5, 5.41) is -0.211. The quantitative estimate of drug-likeness (QED) is 0.607. The minimum absolute atomic E-state index is 0.211. The average molecular weight is 376 g/mol. The van der Waals surface area contributed by atoms with Crippen molar-refractivity contribution in [3.05, 3.63) is 40.2 Å². The normalized spacial score (nSPS) is 11.2. The number of aromatic nitrogens is 2. The Morgan fingerprint density at radius 1 is 1.17 bits per heavy atom. The van der Waals surface area contributed by atoms with Gasteiger partial charge in [0.1, 0.15) is 5.75 Å². The van der Waals surface area contributed by atoms with Crippen molar-refractivity contribution in [3.63, 3.8) is 0 Å². The highest BCUT2D eigenvalue weighted by molar-refractivity contribution is 14.1. The summed E-state index contributed by atoms with van der Waals surface area (Å²) in [6, 6.07) is 7.47. The summed E-state index contributed by atoms with van der Waals surface area (Å²) < 4.78 is 28.9. The molecule has 94 valence electrons. The standard InChI is InChI=1S/C11H9IN2O3S/c1-18(15,16)11-13-6-8(7-14-11)17-10-5-3-2-4-9(10)12/h2-7H,1H3. The molecule has 0 saturated heterocycles. The van der Waals surface area contributed by atoms with Crippen LogP contribution in [0.3, 0.4) is 0 Å². The van der Waals surface area contributed by atoms with Gasteiger partial charge in [0, 0.05) is 6.26 Å². The zero-order chi connectivity index (χ0) is 13.2. The van der Waals surface area contributed by atoms with E-state index in [4.69, 9.17) is 4.74 Å². The van der Waals surface area contributed by atoms with Crippen LogP contribution in [-0.4, -0.2) is 24.6 Å². The highest BCUT2D eigenvalue weighted by Gasteiger charge is 2.11. The third-order valence-corrected chi connectivity index (χ3v) is 3.77. The fourth-order valence-corrected chi connectivity index (χ4v) is 2.19. The molecule has 0 spiro atoms. The summed E-state index contributed by atoms with van der Waals surface area (Å²) in [4.78, 5) is 7.50. The second kappa shape index (κ2) is 5.19. The van der Waals surface area contributed by atoms with Gasteiger partial charge in [-0.25, -0.2) is 18.4 Å². The maximum absolute atomic E-state index is 11.2. The first-order valence-corrected chi connectivity index (χ1v) is 7.88. The van der Waals surface area contributed by atoms with Crippen molar-refractivity contribution in [2.75, 3.05) is 6.26 Å². The molecule has 0 bridgehead atoms. The van der Waals surface area contributed by atoms with Crippen molar-refractivity contribution in [1.82, 2.24) is 9.97 Å². The summed E-state index contributed by atoms with van der Waals surface area (Å²) in [7, 11) is -3.38. The smallest absolute Gasteiger partial charge is 0.246 e. The van der Waals surface area contributed by atoms with Gasteiger partial charge in [-0.05, 0) is 34.7 Å². The van der Waals surface area contributed by atoms with E-state index in [9.17, 15) is 8.42 Å². The zero-order valence-electron chi connectivity index (χ0n) is 9.37. The van der Waals surface area contributed by atoms with Crippen LogP contribution >= 0.6 is 22.6 Å². The minimum atomic E-state index is -3.38. The van der Waals surface area contributed by atoms with Crippen LogP contribution < -0.4 is 4.74 Å². The number of hydrogen-bond donors (Lipinski definition) is 0. The molecule has 2 rings (SSSR count). The van der Waals surface area contributed by atoms with Gasteiger partial charge in [-0.3, -0.25) is 0 Å². The molecule has 5 nitrogen and oxygen atoms in total. The van der Waals surface area contributed by atoms with Crippen molar-refractivity contribution in [2.24, 2.45) is 0 Å². The largest absolute Gasteiger partial charge is 0.453 e. The predicted molar refractivity (Wildman–Crippen MR) is 74.4 cm³/mol.